The second-order valence-electron chi connectivity index (χ2n) is 11.4. The van der Waals surface area contributed by atoms with Crippen molar-refractivity contribution in [3.05, 3.63) is 30.1 Å². The second kappa shape index (κ2) is 8.18. The van der Waals surface area contributed by atoms with Gasteiger partial charge in [0.1, 0.15) is 16.8 Å². The number of hydrogen-bond donors (Lipinski definition) is 1. The van der Waals surface area contributed by atoms with E-state index in [-0.39, 0.29) is 17.8 Å². The Morgan fingerprint density at radius 1 is 1.32 bits per heavy atom. The van der Waals surface area contributed by atoms with Gasteiger partial charge in [-0.15, -0.1) is 0 Å². The number of nitrogens with zero attached hydrogens (tertiary/aromatic N) is 3. The number of rotatable bonds is 4. The minimum Gasteiger partial charge on any atom is -0.467 e. The third-order valence-electron chi connectivity index (χ3n) is 7.61. The lowest BCUT2D eigenvalue weighted by Crippen LogP contribution is -2.65. The first-order valence-corrected chi connectivity index (χ1v) is 11.8. The number of aliphatic imine (C=N–C) groups is 1. The first-order chi connectivity index (χ1) is 15.8. The predicted molar refractivity (Wildman–Crippen MR) is 129 cm³/mol. The molecule has 0 aliphatic heterocycles. The van der Waals surface area contributed by atoms with E-state index in [2.05, 4.69) is 18.8 Å². The van der Waals surface area contributed by atoms with E-state index in [0.29, 0.717) is 23.7 Å². The fourth-order valence-electron chi connectivity index (χ4n) is 5.59. The molecule has 1 N–H and O–H groups in total. The number of carbonyl (C=O) groups is 2. The Bertz CT molecular complexity index is 1150. The topological polar surface area (TPSA) is 103 Å². The minimum absolute atomic E-state index is 0.0514. The van der Waals surface area contributed by atoms with Crippen LogP contribution in [0.4, 0.5) is 4.79 Å². The number of hydrogen-bond acceptors (Lipinski definition) is 7. The van der Waals surface area contributed by atoms with Crippen LogP contribution in [0.15, 0.2) is 29.5 Å². The molecular weight excluding hydrogens is 434 g/mol. The molecule has 3 aliphatic carbocycles. The standard InChI is InChI=1S/C26H35N3O5/c1-24(2,3)34-23(31)29-14-15(17-9-8-10-27-21(17)29)11-18(22(30)33-7)28-20-13-16-12-19(25(16,4)5)26(20,6)32/h8-10,14,16,18-19,32H,11-13H2,1-7H3/t16-,18+,19-,26-/m1/s1. The zero-order valence-electron chi connectivity index (χ0n) is 21.1. The van der Waals surface area contributed by atoms with Gasteiger partial charge in [-0.05, 0) is 75.5 Å². The molecule has 8 nitrogen and oxygen atoms in total. The highest BCUT2D eigenvalue weighted by molar-refractivity contribution is 5.96. The van der Waals surface area contributed by atoms with Gasteiger partial charge in [-0.25, -0.2) is 19.1 Å². The SMILES string of the molecule is COC(=O)[C@H](Cc1cn(C(=O)OC(C)(C)C)c2ncccc12)N=C1C[C@H]2C[C@H](C2(C)C)[C@@]1(C)O. The number of esters is 1. The Morgan fingerprint density at radius 2 is 2.03 bits per heavy atom. The van der Waals surface area contributed by atoms with Gasteiger partial charge < -0.3 is 14.6 Å². The lowest BCUT2D eigenvalue weighted by molar-refractivity contribution is -0.142. The fraction of sp³-hybridized carbons (Fsp3) is 0.615. The number of pyridine rings is 1. The van der Waals surface area contributed by atoms with Gasteiger partial charge in [0.05, 0.1) is 7.11 Å². The van der Waals surface area contributed by atoms with Crippen molar-refractivity contribution >= 4 is 28.8 Å². The van der Waals surface area contributed by atoms with Crippen LogP contribution in [0, 0.1) is 17.3 Å². The Labute approximate surface area is 200 Å². The van der Waals surface area contributed by atoms with Gasteiger partial charge in [0.15, 0.2) is 6.04 Å². The molecule has 5 rings (SSSR count). The summed E-state index contributed by atoms with van der Waals surface area (Å²) in [6.07, 6.45) is 4.56. The quantitative estimate of drug-likeness (QED) is 0.675. The number of aliphatic hydroxyl groups is 1. The normalized spacial score (nSPS) is 27.8. The molecule has 184 valence electrons. The van der Waals surface area contributed by atoms with Crippen LogP contribution >= 0.6 is 0 Å². The van der Waals surface area contributed by atoms with Crippen LogP contribution in [0.2, 0.25) is 0 Å². The fourth-order valence-corrected chi connectivity index (χ4v) is 5.59. The van der Waals surface area contributed by atoms with Crippen molar-refractivity contribution in [1.82, 2.24) is 9.55 Å². The molecule has 3 aliphatic rings. The maximum absolute atomic E-state index is 12.8. The van der Waals surface area contributed by atoms with Crippen LogP contribution in [-0.2, 0) is 20.7 Å². The molecule has 8 heteroatoms. The largest absolute Gasteiger partial charge is 0.467 e. The third-order valence-corrected chi connectivity index (χ3v) is 7.61. The van der Waals surface area contributed by atoms with E-state index in [4.69, 9.17) is 14.5 Å². The highest BCUT2D eigenvalue weighted by Gasteiger charge is 2.61. The summed E-state index contributed by atoms with van der Waals surface area (Å²) in [5.74, 6) is 0.0611. The summed E-state index contributed by atoms with van der Waals surface area (Å²) < 4.78 is 12.0. The highest BCUT2D eigenvalue weighted by Crippen LogP contribution is 2.61. The van der Waals surface area contributed by atoms with Crippen LogP contribution in [0.3, 0.4) is 0 Å². The van der Waals surface area contributed by atoms with E-state index in [1.165, 1.54) is 11.7 Å². The van der Waals surface area contributed by atoms with Crippen molar-refractivity contribution in [2.75, 3.05) is 7.11 Å². The van der Waals surface area contributed by atoms with Crippen LogP contribution in [0.5, 0.6) is 0 Å². The number of methoxy groups -OCH3 is 1. The summed E-state index contributed by atoms with van der Waals surface area (Å²) >= 11 is 0. The molecule has 0 radical (unpaired) electrons. The summed E-state index contributed by atoms with van der Waals surface area (Å²) in [5.41, 5.74) is 0.152. The molecule has 3 saturated carbocycles. The van der Waals surface area contributed by atoms with Crippen molar-refractivity contribution in [1.29, 1.82) is 0 Å². The highest BCUT2D eigenvalue weighted by atomic mass is 16.6. The summed E-state index contributed by atoms with van der Waals surface area (Å²) in [6.45, 7) is 11.6. The zero-order chi connectivity index (χ0) is 25.1. The van der Waals surface area contributed by atoms with Crippen LogP contribution in [0.1, 0.15) is 59.9 Å². The average Bonchev–Trinajstić information content (AvgIpc) is 3.10. The van der Waals surface area contributed by atoms with Crippen molar-refractivity contribution in [2.45, 2.75) is 78.0 Å². The molecule has 0 unspecified atom stereocenters. The van der Waals surface area contributed by atoms with Gasteiger partial charge >= 0.3 is 12.1 Å². The number of carbonyl (C=O) groups excluding carboxylic acids is 2. The van der Waals surface area contributed by atoms with E-state index in [0.717, 1.165) is 17.4 Å². The van der Waals surface area contributed by atoms with Gasteiger partial charge in [0.2, 0.25) is 0 Å². The molecule has 0 saturated heterocycles. The smallest absolute Gasteiger partial charge is 0.420 e. The summed E-state index contributed by atoms with van der Waals surface area (Å²) in [6, 6.07) is 2.80. The molecule has 0 amide bonds. The first-order valence-electron chi connectivity index (χ1n) is 11.8. The Kier molecular flexibility index (Phi) is 5.87. The number of aromatic nitrogens is 2. The molecular formula is C26H35N3O5. The predicted octanol–water partition coefficient (Wildman–Crippen LogP) is 4.16. The van der Waals surface area contributed by atoms with Crippen LogP contribution in [-0.4, -0.2) is 56.8 Å². The van der Waals surface area contributed by atoms with Crippen molar-refractivity contribution < 1.29 is 24.2 Å². The second-order valence-corrected chi connectivity index (χ2v) is 11.4. The van der Waals surface area contributed by atoms with Crippen LogP contribution in [0.25, 0.3) is 11.0 Å². The lowest BCUT2D eigenvalue weighted by atomic mass is 9.44. The molecule has 2 aromatic heterocycles. The van der Waals surface area contributed by atoms with E-state index in [1.54, 1.807) is 46.2 Å². The Balaban J connectivity index is 1.69. The molecule has 3 fully saturated rings. The minimum atomic E-state index is -1.07. The Hall–Kier alpha value is -2.74. The van der Waals surface area contributed by atoms with E-state index >= 15 is 0 Å². The van der Waals surface area contributed by atoms with Gasteiger partial charge in [-0.3, -0.25) is 4.99 Å². The van der Waals surface area contributed by atoms with Crippen LogP contribution < -0.4 is 0 Å². The van der Waals surface area contributed by atoms with E-state index in [9.17, 15) is 14.7 Å². The third kappa shape index (κ3) is 4.13. The maximum Gasteiger partial charge on any atom is 0.420 e. The first kappa shape index (κ1) is 24.4. The van der Waals surface area contributed by atoms with Crippen molar-refractivity contribution in [2.24, 2.45) is 22.2 Å². The molecule has 0 aromatic carbocycles. The van der Waals surface area contributed by atoms with E-state index in [1.807, 2.05) is 6.07 Å². The molecule has 2 heterocycles. The van der Waals surface area contributed by atoms with Gasteiger partial charge in [0, 0.05) is 29.9 Å². The maximum atomic E-state index is 12.8. The molecule has 34 heavy (non-hydrogen) atoms. The summed E-state index contributed by atoms with van der Waals surface area (Å²) in [4.78, 5) is 34.7. The van der Waals surface area contributed by atoms with Gasteiger partial charge in [-0.1, -0.05) is 13.8 Å². The lowest BCUT2D eigenvalue weighted by Gasteiger charge is -2.62. The average molecular weight is 470 g/mol. The zero-order valence-corrected chi connectivity index (χ0v) is 21.1. The van der Waals surface area contributed by atoms with Gasteiger partial charge in [0.25, 0.3) is 0 Å². The van der Waals surface area contributed by atoms with Gasteiger partial charge in [-0.2, -0.15) is 0 Å². The monoisotopic (exact) mass is 469 g/mol. The van der Waals surface area contributed by atoms with Crippen molar-refractivity contribution in [3.63, 3.8) is 0 Å². The molecule has 0 spiro atoms. The molecule has 4 atom stereocenters. The summed E-state index contributed by atoms with van der Waals surface area (Å²) in [7, 11) is 1.33. The molecule has 2 aromatic rings. The van der Waals surface area contributed by atoms with Crippen molar-refractivity contribution in [3.8, 4) is 0 Å². The number of ether oxygens (including phenoxy) is 2. The number of fused-ring (bicyclic) bond motifs is 3. The molecule has 2 bridgehead atoms. The summed E-state index contributed by atoms with van der Waals surface area (Å²) in [5, 5.41) is 12.1. The Morgan fingerprint density at radius 3 is 2.62 bits per heavy atom. The van der Waals surface area contributed by atoms with E-state index < -0.39 is 29.3 Å².